The lowest BCUT2D eigenvalue weighted by Gasteiger charge is -2.01. The molecule has 6 heteroatoms. The molecule has 0 saturated heterocycles. The summed E-state index contributed by atoms with van der Waals surface area (Å²) in [6, 6.07) is 1.90. The summed E-state index contributed by atoms with van der Waals surface area (Å²) in [5.41, 5.74) is 0.304. The molecule has 0 spiro atoms. The van der Waals surface area contributed by atoms with Gasteiger partial charge in [-0.05, 0) is 0 Å². The van der Waals surface area contributed by atoms with Gasteiger partial charge in [-0.3, -0.25) is 0 Å². The predicted octanol–water partition coefficient (Wildman–Crippen LogP) is 0.683. The number of anilines is 1. The molecule has 0 aliphatic rings. The summed E-state index contributed by atoms with van der Waals surface area (Å²) in [7, 11) is 0. The third-order valence-corrected chi connectivity index (χ3v) is 1.76. The van der Waals surface area contributed by atoms with Gasteiger partial charge in [0, 0.05) is 12.4 Å². The second-order valence-corrected chi connectivity index (χ2v) is 2.79. The molecule has 0 fully saturated rings. The van der Waals surface area contributed by atoms with Crippen LogP contribution in [0, 0.1) is 11.3 Å². The SMILES string of the molecule is N#Cc1cnc(NCc2ncc[nH]2)cn1. The maximum Gasteiger partial charge on any atom is 0.158 e. The molecule has 2 heterocycles. The van der Waals surface area contributed by atoms with Gasteiger partial charge >= 0.3 is 0 Å². The van der Waals surface area contributed by atoms with Gasteiger partial charge < -0.3 is 10.3 Å². The molecule has 15 heavy (non-hydrogen) atoms. The van der Waals surface area contributed by atoms with E-state index in [-0.39, 0.29) is 0 Å². The zero-order valence-electron chi connectivity index (χ0n) is 7.81. The smallest absolute Gasteiger partial charge is 0.158 e. The molecule has 0 aromatic carbocycles. The molecule has 0 amide bonds. The summed E-state index contributed by atoms with van der Waals surface area (Å²) >= 11 is 0. The largest absolute Gasteiger partial charge is 0.362 e. The maximum atomic E-state index is 8.52. The van der Waals surface area contributed by atoms with Crippen LogP contribution in [0.4, 0.5) is 5.82 Å². The molecule has 0 aliphatic heterocycles. The lowest BCUT2D eigenvalue weighted by molar-refractivity contribution is 0.981. The van der Waals surface area contributed by atoms with Gasteiger partial charge in [-0.1, -0.05) is 0 Å². The van der Waals surface area contributed by atoms with Crippen LogP contribution in [0.25, 0.3) is 0 Å². The average Bonchev–Trinajstić information content (AvgIpc) is 2.80. The molecular weight excluding hydrogens is 192 g/mol. The van der Waals surface area contributed by atoms with Crippen LogP contribution in [0.1, 0.15) is 11.5 Å². The van der Waals surface area contributed by atoms with Crippen molar-refractivity contribution < 1.29 is 0 Å². The first kappa shape index (κ1) is 9.15. The third-order valence-electron chi connectivity index (χ3n) is 1.76. The van der Waals surface area contributed by atoms with Gasteiger partial charge in [0.25, 0.3) is 0 Å². The Labute approximate surface area is 86.0 Å². The number of aromatic amines is 1. The third kappa shape index (κ3) is 2.28. The summed E-state index contributed by atoms with van der Waals surface area (Å²) in [5, 5.41) is 11.5. The average molecular weight is 200 g/mol. The van der Waals surface area contributed by atoms with Crippen molar-refractivity contribution in [3.8, 4) is 6.07 Å². The summed E-state index contributed by atoms with van der Waals surface area (Å²) in [4.78, 5) is 14.9. The lowest BCUT2D eigenvalue weighted by atomic mass is 10.5. The van der Waals surface area contributed by atoms with Crippen molar-refractivity contribution in [3.05, 3.63) is 36.3 Å². The molecule has 2 aromatic rings. The predicted molar refractivity (Wildman–Crippen MR) is 52.7 cm³/mol. The van der Waals surface area contributed by atoms with Crippen LogP contribution in [-0.4, -0.2) is 19.9 Å². The first-order valence-corrected chi connectivity index (χ1v) is 4.33. The van der Waals surface area contributed by atoms with Crippen LogP contribution in [0.3, 0.4) is 0 Å². The van der Waals surface area contributed by atoms with Crippen molar-refractivity contribution in [2.24, 2.45) is 0 Å². The fraction of sp³-hybridized carbons (Fsp3) is 0.111. The quantitative estimate of drug-likeness (QED) is 0.760. The van der Waals surface area contributed by atoms with Crippen LogP contribution in [-0.2, 0) is 6.54 Å². The van der Waals surface area contributed by atoms with Crippen LogP contribution in [0.5, 0.6) is 0 Å². The number of hydrogen-bond acceptors (Lipinski definition) is 5. The fourth-order valence-corrected chi connectivity index (χ4v) is 1.05. The van der Waals surface area contributed by atoms with Crippen LogP contribution < -0.4 is 5.32 Å². The van der Waals surface area contributed by atoms with E-state index in [1.807, 2.05) is 6.07 Å². The minimum Gasteiger partial charge on any atom is -0.362 e. The zero-order valence-corrected chi connectivity index (χ0v) is 7.81. The molecule has 0 radical (unpaired) electrons. The Kier molecular flexibility index (Phi) is 2.56. The van der Waals surface area contributed by atoms with E-state index in [4.69, 9.17) is 5.26 Å². The molecule has 0 bridgehead atoms. The maximum absolute atomic E-state index is 8.52. The molecular formula is C9H8N6. The Morgan fingerprint density at radius 3 is 2.87 bits per heavy atom. The van der Waals surface area contributed by atoms with Gasteiger partial charge in [0.05, 0.1) is 18.9 Å². The molecule has 6 nitrogen and oxygen atoms in total. The Bertz CT molecular complexity index is 452. The zero-order chi connectivity index (χ0) is 10.5. The Morgan fingerprint density at radius 2 is 2.27 bits per heavy atom. The van der Waals surface area contributed by atoms with Crippen molar-refractivity contribution in [2.45, 2.75) is 6.54 Å². The summed E-state index contributed by atoms with van der Waals surface area (Å²) in [5.74, 6) is 1.44. The highest BCUT2D eigenvalue weighted by atomic mass is 15.0. The van der Waals surface area contributed by atoms with Gasteiger partial charge in [-0.25, -0.2) is 15.0 Å². The molecule has 0 atom stereocenters. The van der Waals surface area contributed by atoms with Crippen LogP contribution >= 0.6 is 0 Å². The number of H-pyrrole nitrogens is 1. The summed E-state index contributed by atoms with van der Waals surface area (Å²) < 4.78 is 0. The van der Waals surface area contributed by atoms with Gasteiger partial charge in [-0.15, -0.1) is 0 Å². The van der Waals surface area contributed by atoms with Crippen LogP contribution in [0.2, 0.25) is 0 Å². The molecule has 2 rings (SSSR count). The first-order valence-electron chi connectivity index (χ1n) is 4.33. The fourth-order valence-electron chi connectivity index (χ4n) is 1.05. The molecule has 2 N–H and O–H groups in total. The highest BCUT2D eigenvalue weighted by molar-refractivity contribution is 5.33. The van der Waals surface area contributed by atoms with Gasteiger partial charge in [0.2, 0.25) is 0 Å². The number of nitrogens with zero attached hydrogens (tertiary/aromatic N) is 4. The highest BCUT2D eigenvalue weighted by Gasteiger charge is 1.97. The van der Waals surface area contributed by atoms with Crippen LogP contribution in [0.15, 0.2) is 24.8 Å². The van der Waals surface area contributed by atoms with Crippen molar-refractivity contribution in [1.82, 2.24) is 19.9 Å². The standard InChI is InChI=1S/C9H8N6/c10-3-7-4-14-9(5-13-7)15-6-8-11-1-2-12-8/h1-2,4-5H,6H2,(H,11,12)(H,14,15). The Balaban J connectivity index is 1.97. The minimum atomic E-state index is 0.304. The normalized spacial score (nSPS) is 9.53. The number of nitriles is 1. The molecule has 0 saturated carbocycles. The number of rotatable bonds is 3. The van der Waals surface area contributed by atoms with E-state index < -0.39 is 0 Å². The first-order chi connectivity index (χ1) is 7.38. The second kappa shape index (κ2) is 4.19. The molecule has 0 unspecified atom stereocenters. The highest BCUT2D eigenvalue weighted by Crippen LogP contribution is 2.01. The van der Waals surface area contributed by atoms with Gasteiger partial charge in [0.1, 0.15) is 17.7 Å². The van der Waals surface area contributed by atoms with Crippen molar-refractivity contribution in [3.63, 3.8) is 0 Å². The molecule has 2 aromatic heterocycles. The van der Waals surface area contributed by atoms with Crippen molar-refractivity contribution >= 4 is 5.82 Å². The van der Waals surface area contributed by atoms with Crippen molar-refractivity contribution in [2.75, 3.05) is 5.32 Å². The van der Waals surface area contributed by atoms with Crippen molar-refractivity contribution in [1.29, 1.82) is 5.26 Å². The van der Waals surface area contributed by atoms with Gasteiger partial charge in [0.15, 0.2) is 5.69 Å². The van der Waals surface area contributed by atoms with E-state index in [1.54, 1.807) is 12.4 Å². The number of nitrogens with one attached hydrogen (secondary N) is 2. The minimum absolute atomic E-state index is 0.304. The van der Waals surface area contributed by atoms with E-state index in [2.05, 4.69) is 25.3 Å². The van der Waals surface area contributed by atoms with E-state index in [0.29, 0.717) is 18.1 Å². The topological polar surface area (TPSA) is 90.3 Å². The summed E-state index contributed by atoms with van der Waals surface area (Å²) in [6.45, 7) is 0.549. The van der Waals surface area contributed by atoms with Gasteiger partial charge in [-0.2, -0.15) is 5.26 Å². The molecule has 0 aliphatic carbocycles. The Hall–Kier alpha value is -2.42. The Morgan fingerprint density at radius 1 is 1.33 bits per heavy atom. The van der Waals surface area contributed by atoms with E-state index >= 15 is 0 Å². The second-order valence-electron chi connectivity index (χ2n) is 2.79. The van der Waals surface area contributed by atoms with E-state index in [1.165, 1.54) is 12.4 Å². The monoisotopic (exact) mass is 200 g/mol. The van der Waals surface area contributed by atoms with E-state index in [0.717, 1.165) is 5.82 Å². The lowest BCUT2D eigenvalue weighted by Crippen LogP contribution is -2.03. The summed E-state index contributed by atoms with van der Waals surface area (Å²) in [6.07, 6.45) is 6.37. The van der Waals surface area contributed by atoms with E-state index in [9.17, 15) is 0 Å². The molecule has 74 valence electrons. The number of hydrogen-bond donors (Lipinski definition) is 2. The number of imidazole rings is 1. The number of aromatic nitrogens is 4.